The number of amides is 3. The Morgan fingerprint density at radius 2 is 1.75 bits per heavy atom. The SMILES string of the molecule is CC1=CCC(C(C)/C=C(C)/C=C\C=C/C(=O)NC(C(=O)N/C=C\CC(C/C=C(\C)Cl)OC(=O)NC(C)C)C(C)(C)C)OC1=O. The zero-order chi connectivity index (χ0) is 33.4. The summed E-state index contributed by atoms with van der Waals surface area (Å²) in [7, 11) is 0. The molecule has 4 atom stereocenters. The van der Waals surface area contributed by atoms with Crippen LogP contribution in [0.3, 0.4) is 0 Å². The van der Waals surface area contributed by atoms with E-state index in [4.69, 9.17) is 21.1 Å². The maximum absolute atomic E-state index is 13.0. The van der Waals surface area contributed by atoms with Crippen LogP contribution in [0.25, 0.3) is 0 Å². The number of esters is 1. The molecule has 0 spiro atoms. The van der Waals surface area contributed by atoms with E-state index in [1.54, 1.807) is 38.2 Å². The molecule has 0 aromatic rings. The molecule has 3 amide bonds. The molecule has 44 heavy (non-hydrogen) atoms. The number of nitrogens with one attached hydrogen (secondary N) is 3. The normalized spacial score (nSPS) is 18.7. The second-order valence-electron chi connectivity index (χ2n) is 12.4. The summed E-state index contributed by atoms with van der Waals surface area (Å²) in [4.78, 5) is 49.5. The van der Waals surface area contributed by atoms with Crippen LogP contribution in [0.4, 0.5) is 4.79 Å². The lowest BCUT2D eigenvalue weighted by molar-refractivity contribution is -0.147. The Bertz CT molecular complexity index is 1190. The molecule has 10 heteroatoms. The Morgan fingerprint density at radius 3 is 2.34 bits per heavy atom. The number of ether oxygens (including phenoxy) is 2. The van der Waals surface area contributed by atoms with Crippen LogP contribution in [0.5, 0.6) is 0 Å². The molecule has 1 rings (SSSR count). The molecule has 0 saturated carbocycles. The summed E-state index contributed by atoms with van der Waals surface area (Å²) in [6.45, 7) is 16.7. The van der Waals surface area contributed by atoms with Gasteiger partial charge >= 0.3 is 12.1 Å². The van der Waals surface area contributed by atoms with Gasteiger partial charge in [-0.2, -0.15) is 0 Å². The van der Waals surface area contributed by atoms with Gasteiger partial charge in [-0.3, -0.25) is 9.59 Å². The first-order valence-electron chi connectivity index (χ1n) is 15.0. The summed E-state index contributed by atoms with van der Waals surface area (Å²) < 4.78 is 11.0. The first-order valence-corrected chi connectivity index (χ1v) is 15.3. The van der Waals surface area contributed by atoms with E-state index in [2.05, 4.69) is 16.0 Å². The number of cyclic esters (lactones) is 1. The van der Waals surface area contributed by atoms with Crippen LogP contribution in [0.1, 0.15) is 81.6 Å². The maximum atomic E-state index is 13.0. The van der Waals surface area contributed by atoms with E-state index >= 15 is 0 Å². The van der Waals surface area contributed by atoms with Gasteiger partial charge in [0.15, 0.2) is 0 Å². The average molecular weight is 632 g/mol. The molecule has 0 fully saturated rings. The van der Waals surface area contributed by atoms with Gasteiger partial charge < -0.3 is 25.4 Å². The van der Waals surface area contributed by atoms with E-state index in [1.807, 2.05) is 66.7 Å². The van der Waals surface area contributed by atoms with Gasteiger partial charge in [0.1, 0.15) is 18.2 Å². The van der Waals surface area contributed by atoms with Gasteiger partial charge in [0.05, 0.1) is 0 Å². The summed E-state index contributed by atoms with van der Waals surface area (Å²) >= 11 is 5.94. The van der Waals surface area contributed by atoms with Crippen LogP contribution in [0, 0.1) is 11.3 Å². The number of hydrogen-bond donors (Lipinski definition) is 3. The minimum Gasteiger partial charge on any atom is -0.458 e. The van der Waals surface area contributed by atoms with E-state index in [0.29, 0.717) is 29.9 Å². The number of carbonyl (C=O) groups excluding carboxylic acids is 4. The molecule has 0 radical (unpaired) electrons. The smallest absolute Gasteiger partial charge is 0.407 e. The van der Waals surface area contributed by atoms with Gasteiger partial charge in [-0.15, -0.1) is 0 Å². The quantitative estimate of drug-likeness (QED) is 0.114. The van der Waals surface area contributed by atoms with E-state index in [0.717, 1.165) is 5.57 Å². The molecule has 1 aliphatic heterocycles. The number of rotatable bonds is 14. The third-order valence-electron chi connectivity index (χ3n) is 6.57. The largest absolute Gasteiger partial charge is 0.458 e. The first-order chi connectivity index (χ1) is 20.5. The topological polar surface area (TPSA) is 123 Å². The van der Waals surface area contributed by atoms with Gasteiger partial charge in [0.25, 0.3) is 0 Å². The number of allylic oxidation sites excluding steroid dienone is 5. The van der Waals surface area contributed by atoms with Crippen LogP contribution in [0.2, 0.25) is 0 Å². The summed E-state index contributed by atoms with van der Waals surface area (Å²) in [6, 6.07) is -0.871. The van der Waals surface area contributed by atoms with Gasteiger partial charge in [-0.05, 0) is 46.2 Å². The van der Waals surface area contributed by atoms with Crippen molar-refractivity contribution in [1.29, 1.82) is 0 Å². The van der Waals surface area contributed by atoms with Crippen molar-refractivity contribution >= 4 is 35.5 Å². The number of hydrogen-bond acceptors (Lipinski definition) is 6. The Labute approximate surface area is 267 Å². The second-order valence-corrected chi connectivity index (χ2v) is 13.0. The lowest BCUT2D eigenvalue weighted by atomic mass is 9.86. The molecule has 1 heterocycles. The summed E-state index contributed by atoms with van der Waals surface area (Å²) in [5, 5.41) is 8.78. The van der Waals surface area contributed by atoms with E-state index in [-0.39, 0.29) is 29.9 Å². The predicted molar refractivity (Wildman–Crippen MR) is 176 cm³/mol. The molecule has 9 nitrogen and oxygen atoms in total. The van der Waals surface area contributed by atoms with Gasteiger partial charge in [-0.25, -0.2) is 9.59 Å². The molecule has 0 saturated heterocycles. The maximum Gasteiger partial charge on any atom is 0.407 e. The summed E-state index contributed by atoms with van der Waals surface area (Å²) in [6.07, 6.45) is 15.7. The molecular weight excluding hydrogens is 582 g/mol. The lowest BCUT2D eigenvalue weighted by Crippen LogP contribution is -2.52. The predicted octanol–water partition coefficient (Wildman–Crippen LogP) is 6.53. The number of halogens is 1. The molecule has 244 valence electrons. The van der Waals surface area contributed by atoms with Crippen LogP contribution in [-0.2, 0) is 23.9 Å². The Balaban J connectivity index is 2.73. The third-order valence-corrected chi connectivity index (χ3v) is 6.72. The molecular formula is C34H50ClN3O6. The van der Waals surface area contributed by atoms with E-state index < -0.39 is 29.6 Å². The molecule has 0 bridgehead atoms. The van der Waals surface area contributed by atoms with Crippen molar-refractivity contribution in [2.45, 2.75) is 106 Å². The van der Waals surface area contributed by atoms with Crippen LogP contribution in [-0.4, -0.2) is 48.2 Å². The Hall–Kier alpha value is -3.59. The molecule has 0 aliphatic carbocycles. The van der Waals surface area contributed by atoms with Gasteiger partial charge in [0, 0.05) is 47.9 Å². The third kappa shape index (κ3) is 15.8. The molecule has 4 unspecified atom stereocenters. The van der Waals surface area contributed by atoms with Gasteiger partial charge in [-0.1, -0.05) is 87.4 Å². The Morgan fingerprint density at radius 1 is 1.09 bits per heavy atom. The number of alkyl carbamates (subject to hydrolysis) is 1. The zero-order valence-electron chi connectivity index (χ0n) is 27.5. The number of carbonyl (C=O) groups is 4. The standard InChI is InChI=1S/C34H50ClN3O6/c1-22(2)37-33(42)43-27(18-17-26(6)35)14-12-20-36-31(40)30(34(7,8)9)38-29(39)15-11-10-13-23(3)21-25(5)28-19-16-24(4)32(41)44-28/h10-13,15-17,20-22,25,27-28,30H,14,18-19H2,1-9H3,(H,36,40)(H,37,42)(H,38,39)/b13-10-,15-11-,20-12-,23-21+,26-17+. The monoisotopic (exact) mass is 631 g/mol. The minimum atomic E-state index is -0.808. The molecule has 1 aliphatic rings. The lowest BCUT2D eigenvalue weighted by Gasteiger charge is -2.29. The van der Waals surface area contributed by atoms with Crippen LogP contribution >= 0.6 is 11.6 Å². The molecule has 0 aromatic carbocycles. The Kier molecular flexibility index (Phi) is 16.5. The molecule has 3 N–H and O–H groups in total. The van der Waals surface area contributed by atoms with Crippen molar-refractivity contribution in [3.05, 3.63) is 71.0 Å². The fourth-order valence-electron chi connectivity index (χ4n) is 4.12. The highest BCUT2D eigenvalue weighted by Gasteiger charge is 2.32. The van der Waals surface area contributed by atoms with Crippen molar-refractivity contribution in [3.63, 3.8) is 0 Å². The highest BCUT2D eigenvalue weighted by molar-refractivity contribution is 6.29. The van der Waals surface area contributed by atoms with Gasteiger partial charge in [0.2, 0.25) is 11.8 Å². The van der Waals surface area contributed by atoms with Crippen molar-refractivity contribution in [2.24, 2.45) is 11.3 Å². The highest BCUT2D eigenvalue weighted by Crippen LogP contribution is 2.22. The zero-order valence-corrected chi connectivity index (χ0v) is 28.3. The fraction of sp³-hybridized carbons (Fsp3) is 0.529. The summed E-state index contributed by atoms with van der Waals surface area (Å²) in [5.41, 5.74) is 1.03. The van der Waals surface area contributed by atoms with Crippen LogP contribution < -0.4 is 16.0 Å². The van der Waals surface area contributed by atoms with E-state index in [9.17, 15) is 19.2 Å². The van der Waals surface area contributed by atoms with Crippen molar-refractivity contribution in [1.82, 2.24) is 16.0 Å². The summed E-state index contributed by atoms with van der Waals surface area (Å²) in [5.74, 6) is -1.03. The fourth-order valence-corrected chi connectivity index (χ4v) is 4.21. The van der Waals surface area contributed by atoms with Crippen molar-refractivity contribution in [3.8, 4) is 0 Å². The second kappa shape index (κ2) is 18.9. The van der Waals surface area contributed by atoms with Crippen molar-refractivity contribution in [2.75, 3.05) is 0 Å². The minimum absolute atomic E-state index is 0.0368. The van der Waals surface area contributed by atoms with Crippen LogP contribution in [0.15, 0.2) is 71.0 Å². The van der Waals surface area contributed by atoms with E-state index in [1.165, 1.54) is 12.3 Å². The average Bonchev–Trinajstić information content (AvgIpc) is 2.90. The van der Waals surface area contributed by atoms with Crippen molar-refractivity contribution < 1.29 is 28.7 Å². The molecule has 0 aromatic heterocycles. The first kappa shape index (κ1) is 38.4. The highest BCUT2D eigenvalue weighted by atomic mass is 35.5.